The van der Waals surface area contributed by atoms with Crippen LogP contribution in [0.4, 0.5) is 5.82 Å². The molecule has 3 aliphatic rings. The molecule has 0 saturated carbocycles. The van der Waals surface area contributed by atoms with Crippen molar-refractivity contribution in [1.82, 2.24) is 19.7 Å². The van der Waals surface area contributed by atoms with Crippen molar-refractivity contribution in [2.24, 2.45) is 5.92 Å². The zero-order valence-corrected chi connectivity index (χ0v) is 14.4. The molecule has 130 valence electrons. The second kappa shape index (κ2) is 5.93. The number of aromatic nitrogens is 4. The Hall–Kier alpha value is -2.24. The molecule has 0 radical (unpaired) electrons. The first-order valence-corrected chi connectivity index (χ1v) is 9.45. The maximum absolute atomic E-state index is 12.3. The van der Waals surface area contributed by atoms with Crippen molar-refractivity contribution < 1.29 is 0 Å². The molecule has 2 aromatic rings. The molecule has 0 amide bonds. The summed E-state index contributed by atoms with van der Waals surface area (Å²) in [7, 11) is 0. The zero-order chi connectivity index (χ0) is 16.8. The number of nitrogens with zero attached hydrogens (tertiary/aromatic N) is 5. The van der Waals surface area contributed by atoms with Gasteiger partial charge in [-0.05, 0) is 50.5 Å². The fourth-order valence-corrected chi connectivity index (χ4v) is 4.45. The SMILES string of the molecule is O=c1cc2c(nn1CC1CN(c3ncnc4c3CCC4)C1)CCCC2. The van der Waals surface area contributed by atoms with Gasteiger partial charge in [-0.3, -0.25) is 4.79 Å². The van der Waals surface area contributed by atoms with Crippen LogP contribution in [0.3, 0.4) is 0 Å². The predicted molar refractivity (Wildman–Crippen MR) is 94.9 cm³/mol. The fraction of sp³-hybridized carbons (Fsp3) is 0.579. The minimum atomic E-state index is 0.0574. The number of rotatable bonds is 3. The Morgan fingerprint density at radius 1 is 1.00 bits per heavy atom. The van der Waals surface area contributed by atoms with E-state index in [0.29, 0.717) is 5.92 Å². The highest BCUT2D eigenvalue weighted by Gasteiger charge is 2.32. The molecule has 25 heavy (non-hydrogen) atoms. The molecule has 5 rings (SSSR count). The smallest absolute Gasteiger partial charge is 0.267 e. The van der Waals surface area contributed by atoms with E-state index >= 15 is 0 Å². The Morgan fingerprint density at radius 3 is 2.76 bits per heavy atom. The third-order valence-corrected chi connectivity index (χ3v) is 5.81. The normalized spacial score (nSPS) is 19.4. The molecule has 6 nitrogen and oxygen atoms in total. The Labute approximate surface area is 146 Å². The monoisotopic (exact) mass is 337 g/mol. The van der Waals surface area contributed by atoms with Crippen molar-refractivity contribution in [3.63, 3.8) is 0 Å². The average Bonchev–Trinajstić information content (AvgIpc) is 3.07. The lowest BCUT2D eigenvalue weighted by atomic mass is 9.96. The maximum Gasteiger partial charge on any atom is 0.267 e. The van der Waals surface area contributed by atoms with Crippen LogP contribution in [0.5, 0.6) is 0 Å². The van der Waals surface area contributed by atoms with E-state index in [1.54, 1.807) is 11.0 Å². The Morgan fingerprint density at radius 2 is 1.84 bits per heavy atom. The number of hydrogen-bond donors (Lipinski definition) is 0. The minimum Gasteiger partial charge on any atom is -0.355 e. The van der Waals surface area contributed by atoms with E-state index in [-0.39, 0.29) is 5.56 Å². The summed E-state index contributed by atoms with van der Waals surface area (Å²) in [5.41, 5.74) is 4.92. The highest BCUT2D eigenvalue weighted by Crippen LogP contribution is 2.32. The zero-order valence-electron chi connectivity index (χ0n) is 14.4. The van der Waals surface area contributed by atoms with Crippen molar-refractivity contribution in [1.29, 1.82) is 0 Å². The van der Waals surface area contributed by atoms with Crippen LogP contribution in [0.25, 0.3) is 0 Å². The van der Waals surface area contributed by atoms with Gasteiger partial charge in [-0.2, -0.15) is 5.10 Å². The summed E-state index contributed by atoms with van der Waals surface area (Å²) in [5.74, 6) is 1.59. The summed E-state index contributed by atoms with van der Waals surface area (Å²) >= 11 is 0. The van der Waals surface area contributed by atoms with Gasteiger partial charge in [-0.15, -0.1) is 0 Å². The molecule has 0 spiro atoms. The lowest BCUT2D eigenvalue weighted by Gasteiger charge is -2.41. The topological polar surface area (TPSA) is 63.9 Å². The number of hydrogen-bond acceptors (Lipinski definition) is 5. The van der Waals surface area contributed by atoms with Crippen molar-refractivity contribution in [2.75, 3.05) is 18.0 Å². The van der Waals surface area contributed by atoms with Gasteiger partial charge in [-0.25, -0.2) is 14.6 Å². The maximum atomic E-state index is 12.3. The van der Waals surface area contributed by atoms with Crippen molar-refractivity contribution in [3.05, 3.63) is 45.3 Å². The van der Waals surface area contributed by atoms with Crippen LogP contribution in [0, 0.1) is 5.92 Å². The van der Waals surface area contributed by atoms with Crippen LogP contribution in [0.2, 0.25) is 0 Å². The lowest BCUT2D eigenvalue weighted by molar-refractivity contribution is 0.329. The molecule has 0 atom stereocenters. The molecule has 0 unspecified atom stereocenters. The average molecular weight is 337 g/mol. The first-order valence-electron chi connectivity index (χ1n) is 9.45. The molecule has 0 N–H and O–H groups in total. The quantitative estimate of drug-likeness (QED) is 0.850. The van der Waals surface area contributed by atoms with E-state index in [1.165, 1.54) is 36.1 Å². The molecule has 3 heterocycles. The second-order valence-electron chi connectivity index (χ2n) is 7.59. The summed E-state index contributed by atoms with van der Waals surface area (Å²) in [5, 5.41) is 4.65. The highest BCUT2D eigenvalue weighted by molar-refractivity contribution is 5.52. The summed E-state index contributed by atoms with van der Waals surface area (Å²) in [6.07, 6.45) is 9.45. The van der Waals surface area contributed by atoms with Crippen LogP contribution in [0.1, 0.15) is 41.8 Å². The Kier molecular flexibility index (Phi) is 3.57. The highest BCUT2D eigenvalue weighted by atomic mass is 16.1. The van der Waals surface area contributed by atoms with Gasteiger partial charge in [0.05, 0.1) is 12.2 Å². The standard InChI is InChI=1S/C19H23N5O/c25-18-8-14-4-1-2-6-16(14)22-24(18)11-13-9-23(10-13)19-15-5-3-7-17(15)20-12-21-19/h8,12-13H,1-7,9-11H2. The minimum absolute atomic E-state index is 0.0574. The number of aryl methyl sites for hydroxylation is 3. The van der Waals surface area contributed by atoms with Crippen LogP contribution in [-0.2, 0) is 32.2 Å². The molecular formula is C19H23N5O. The summed E-state index contributed by atoms with van der Waals surface area (Å²) in [4.78, 5) is 23.6. The third kappa shape index (κ3) is 2.64. The lowest BCUT2D eigenvalue weighted by Crippen LogP contribution is -2.50. The van der Waals surface area contributed by atoms with Gasteiger partial charge in [0.1, 0.15) is 12.1 Å². The molecule has 1 saturated heterocycles. The van der Waals surface area contributed by atoms with Crippen LogP contribution in [0.15, 0.2) is 17.2 Å². The number of fused-ring (bicyclic) bond motifs is 2. The first-order chi connectivity index (χ1) is 12.3. The van der Waals surface area contributed by atoms with Crippen LogP contribution >= 0.6 is 0 Å². The summed E-state index contributed by atoms with van der Waals surface area (Å²) < 4.78 is 1.69. The van der Waals surface area contributed by atoms with E-state index in [9.17, 15) is 4.79 Å². The molecule has 1 fully saturated rings. The van der Waals surface area contributed by atoms with Gasteiger partial charge in [0.15, 0.2) is 0 Å². The molecule has 6 heteroatoms. The molecular weight excluding hydrogens is 314 g/mol. The largest absolute Gasteiger partial charge is 0.355 e. The first kappa shape index (κ1) is 15.0. The molecule has 0 bridgehead atoms. The van der Waals surface area contributed by atoms with Gasteiger partial charge >= 0.3 is 0 Å². The van der Waals surface area contributed by atoms with Gasteiger partial charge in [0.2, 0.25) is 0 Å². The van der Waals surface area contributed by atoms with E-state index < -0.39 is 0 Å². The van der Waals surface area contributed by atoms with E-state index in [2.05, 4.69) is 20.0 Å². The Bertz CT molecular complexity index is 869. The van der Waals surface area contributed by atoms with Crippen molar-refractivity contribution in [2.45, 2.75) is 51.5 Å². The fourth-order valence-electron chi connectivity index (χ4n) is 4.45. The second-order valence-corrected chi connectivity index (χ2v) is 7.59. The van der Waals surface area contributed by atoms with E-state index in [4.69, 9.17) is 0 Å². The van der Waals surface area contributed by atoms with Gasteiger partial charge < -0.3 is 4.90 Å². The summed E-state index contributed by atoms with van der Waals surface area (Å²) in [6, 6.07) is 1.81. The Balaban J connectivity index is 1.29. The van der Waals surface area contributed by atoms with Crippen molar-refractivity contribution >= 4 is 5.82 Å². The predicted octanol–water partition coefficient (Wildman–Crippen LogP) is 1.54. The molecule has 1 aliphatic heterocycles. The third-order valence-electron chi connectivity index (χ3n) is 5.81. The molecule has 0 aromatic carbocycles. The van der Waals surface area contributed by atoms with Gasteiger partial charge in [0.25, 0.3) is 5.56 Å². The van der Waals surface area contributed by atoms with E-state index in [1.807, 2.05) is 6.07 Å². The van der Waals surface area contributed by atoms with Crippen LogP contribution in [-0.4, -0.2) is 32.8 Å². The van der Waals surface area contributed by atoms with Crippen LogP contribution < -0.4 is 10.5 Å². The van der Waals surface area contributed by atoms with E-state index in [0.717, 1.165) is 56.8 Å². The molecule has 2 aromatic heterocycles. The van der Waals surface area contributed by atoms with Gasteiger partial charge in [0, 0.05) is 36.3 Å². The summed E-state index contributed by atoms with van der Waals surface area (Å²) in [6.45, 7) is 2.62. The molecule has 2 aliphatic carbocycles. The number of anilines is 1. The van der Waals surface area contributed by atoms with Crippen molar-refractivity contribution in [3.8, 4) is 0 Å². The van der Waals surface area contributed by atoms with Gasteiger partial charge in [-0.1, -0.05) is 0 Å².